The number of Topliss-reactive ketones (excluding diaryl/α,β-unsaturated/α-hetero) is 1. The van der Waals surface area contributed by atoms with Gasteiger partial charge in [0.2, 0.25) is 5.78 Å². The van der Waals surface area contributed by atoms with E-state index in [-0.39, 0.29) is 11.7 Å². The van der Waals surface area contributed by atoms with Crippen LogP contribution in [0.4, 0.5) is 0 Å². The van der Waals surface area contributed by atoms with Crippen molar-refractivity contribution in [3.8, 4) is 11.2 Å². The molecule has 0 aliphatic carbocycles. The molecule has 0 fully saturated rings. The lowest BCUT2D eigenvalue weighted by Crippen LogP contribution is -2.21. The van der Waals surface area contributed by atoms with Gasteiger partial charge in [0.1, 0.15) is 0 Å². The molecule has 0 heterocycles. The Kier molecular flexibility index (Phi) is 4.15. The predicted molar refractivity (Wildman–Crippen MR) is 65.6 cm³/mol. The van der Waals surface area contributed by atoms with Crippen LogP contribution in [0, 0.1) is 11.2 Å². The second-order valence-electron chi connectivity index (χ2n) is 3.34. The van der Waals surface area contributed by atoms with Crippen molar-refractivity contribution in [2.75, 3.05) is 14.1 Å². The molecule has 1 amide bonds. The summed E-state index contributed by atoms with van der Waals surface area (Å²) in [5.41, 5.74) is 0.997. The Hall–Kier alpha value is -1.73. The number of benzene rings is 1. The first-order valence-corrected chi connectivity index (χ1v) is 5.02. The first-order chi connectivity index (χ1) is 7.56. The van der Waals surface area contributed by atoms with Crippen molar-refractivity contribution in [3.05, 3.63) is 35.4 Å². The standard InChI is InChI=1S/C12H11NO2S/c1-13(2)12(15)10-5-3-9(4-6-10)11(14)7-8-16/h3-6,16H,1-2H3. The molecule has 0 bridgehead atoms. The number of carbonyl (C=O) groups is 2. The fourth-order valence-corrected chi connectivity index (χ4v) is 1.25. The summed E-state index contributed by atoms with van der Waals surface area (Å²) in [4.78, 5) is 24.4. The lowest BCUT2D eigenvalue weighted by atomic mass is 10.1. The second-order valence-corrected chi connectivity index (χ2v) is 3.57. The summed E-state index contributed by atoms with van der Waals surface area (Å²) in [5, 5.41) is 2.24. The third-order valence-electron chi connectivity index (χ3n) is 1.97. The SMILES string of the molecule is CN(C)C(=O)c1ccc(C(=O)C#CS)cc1. The Morgan fingerprint density at radius 2 is 1.62 bits per heavy atom. The van der Waals surface area contributed by atoms with Gasteiger partial charge in [0.05, 0.1) is 0 Å². The number of thiol groups is 1. The number of rotatable bonds is 2. The highest BCUT2D eigenvalue weighted by molar-refractivity contribution is 7.85. The molecule has 1 aromatic rings. The van der Waals surface area contributed by atoms with Gasteiger partial charge < -0.3 is 4.90 Å². The Bertz CT molecular complexity index is 466. The fourth-order valence-electron chi connectivity index (χ4n) is 1.15. The minimum Gasteiger partial charge on any atom is -0.345 e. The predicted octanol–water partition coefficient (Wildman–Crippen LogP) is 1.46. The molecule has 0 radical (unpaired) electrons. The van der Waals surface area contributed by atoms with Crippen molar-refractivity contribution >= 4 is 24.3 Å². The van der Waals surface area contributed by atoms with E-state index in [0.29, 0.717) is 11.1 Å². The molecular formula is C12H11NO2S. The summed E-state index contributed by atoms with van der Waals surface area (Å²) < 4.78 is 0. The van der Waals surface area contributed by atoms with Gasteiger partial charge in [-0.25, -0.2) is 0 Å². The summed E-state index contributed by atoms with van der Waals surface area (Å²) in [7, 11) is 3.35. The van der Waals surface area contributed by atoms with Gasteiger partial charge in [-0.15, -0.1) is 0 Å². The van der Waals surface area contributed by atoms with E-state index in [1.807, 2.05) is 0 Å². The molecular weight excluding hydrogens is 222 g/mol. The van der Waals surface area contributed by atoms with Gasteiger partial charge in [-0.2, -0.15) is 0 Å². The maximum Gasteiger partial charge on any atom is 0.253 e. The van der Waals surface area contributed by atoms with E-state index < -0.39 is 0 Å². The fraction of sp³-hybridized carbons (Fsp3) is 0.167. The minimum absolute atomic E-state index is 0.0979. The van der Waals surface area contributed by atoms with Crippen LogP contribution in [-0.2, 0) is 0 Å². The summed E-state index contributed by atoms with van der Waals surface area (Å²) in [6.07, 6.45) is 0. The van der Waals surface area contributed by atoms with Crippen LogP contribution in [0.15, 0.2) is 24.3 Å². The first-order valence-electron chi connectivity index (χ1n) is 4.57. The van der Waals surface area contributed by atoms with Crippen molar-refractivity contribution < 1.29 is 9.59 Å². The lowest BCUT2D eigenvalue weighted by Gasteiger charge is -2.09. The number of hydrogen-bond acceptors (Lipinski definition) is 3. The van der Waals surface area contributed by atoms with E-state index in [4.69, 9.17) is 0 Å². The molecule has 1 aromatic carbocycles. The van der Waals surface area contributed by atoms with E-state index in [0.717, 1.165) is 0 Å². The topological polar surface area (TPSA) is 37.4 Å². The largest absolute Gasteiger partial charge is 0.345 e. The van der Waals surface area contributed by atoms with E-state index in [1.165, 1.54) is 4.90 Å². The average molecular weight is 233 g/mol. The van der Waals surface area contributed by atoms with Gasteiger partial charge in [-0.05, 0) is 35.4 Å². The quantitative estimate of drug-likeness (QED) is 0.477. The Morgan fingerprint density at radius 3 is 2.06 bits per heavy atom. The van der Waals surface area contributed by atoms with E-state index in [9.17, 15) is 9.59 Å². The lowest BCUT2D eigenvalue weighted by molar-refractivity contribution is 0.0827. The van der Waals surface area contributed by atoms with Crippen LogP contribution in [0.2, 0.25) is 0 Å². The second kappa shape index (κ2) is 5.38. The van der Waals surface area contributed by atoms with Crippen LogP contribution >= 0.6 is 12.6 Å². The van der Waals surface area contributed by atoms with Crippen LogP contribution in [0.3, 0.4) is 0 Å². The van der Waals surface area contributed by atoms with Crippen LogP contribution in [0.5, 0.6) is 0 Å². The van der Waals surface area contributed by atoms with Crippen LogP contribution in [0.1, 0.15) is 20.7 Å². The number of nitrogens with zero attached hydrogens (tertiary/aromatic N) is 1. The van der Waals surface area contributed by atoms with Crippen molar-refractivity contribution in [3.63, 3.8) is 0 Å². The maximum atomic E-state index is 11.6. The van der Waals surface area contributed by atoms with Crippen molar-refractivity contribution in [2.24, 2.45) is 0 Å². The van der Waals surface area contributed by atoms with Gasteiger partial charge >= 0.3 is 0 Å². The Morgan fingerprint density at radius 1 is 1.12 bits per heavy atom. The summed E-state index contributed by atoms with van der Waals surface area (Å²) in [5.74, 6) is 1.91. The molecule has 16 heavy (non-hydrogen) atoms. The molecule has 4 heteroatoms. The third kappa shape index (κ3) is 2.88. The van der Waals surface area contributed by atoms with E-state index >= 15 is 0 Å². The Balaban J connectivity index is 2.94. The molecule has 82 valence electrons. The zero-order chi connectivity index (χ0) is 12.1. The summed E-state index contributed by atoms with van der Waals surface area (Å²) in [6.45, 7) is 0. The molecule has 1 rings (SSSR count). The highest BCUT2D eigenvalue weighted by Gasteiger charge is 2.08. The van der Waals surface area contributed by atoms with E-state index in [1.54, 1.807) is 38.4 Å². The smallest absolute Gasteiger partial charge is 0.253 e. The minimum atomic E-state index is -0.307. The molecule has 0 N–H and O–H groups in total. The van der Waals surface area contributed by atoms with Gasteiger partial charge in [-0.1, -0.05) is 12.6 Å². The van der Waals surface area contributed by atoms with Crippen LogP contribution < -0.4 is 0 Å². The van der Waals surface area contributed by atoms with Crippen LogP contribution in [-0.4, -0.2) is 30.7 Å². The molecule has 0 spiro atoms. The van der Waals surface area contributed by atoms with Crippen molar-refractivity contribution in [1.29, 1.82) is 0 Å². The molecule has 0 saturated heterocycles. The maximum absolute atomic E-state index is 11.6. The van der Waals surface area contributed by atoms with E-state index in [2.05, 4.69) is 23.8 Å². The zero-order valence-corrected chi connectivity index (χ0v) is 9.91. The number of carbonyl (C=O) groups excluding carboxylic acids is 2. The number of amides is 1. The molecule has 0 aliphatic rings. The first kappa shape index (κ1) is 12.3. The normalized spacial score (nSPS) is 8.94. The summed E-state index contributed by atoms with van der Waals surface area (Å²) in [6, 6.07) is 6.37. The number of hydrogen-bond donors (Lipinski definition) is 1. The molecule has 0 aliphatic heterocycles. The van der Waals surface area contributed by atoms with Gasteiger partial charge in [0.15, 0.2) is 0 Å². The third-order valence-corrected chi connectivity index (χ3v) is 2.08. The highest BCUT2D eigenvalue weighted by atomic mass is 32.1. The van der Waals surface area contributed by atoms with Crippen molar-refractivity contribution in [2.45, 2.75) is 0 Å². The number of ketones is 1. The molecule has 0 unspecified atom stereocenters. The highest BCUT2D eigenvalue weighted by Crippen LogP contribution is 2.06. The van der Waals surface area contributed by atoms with Gasteiger partial charge in [0, 0.05) is 25.2 Å². The Labute approximate surface area is 99.9 Å². The average Bonchev–Trinajstić information content (AvgIpc) is 2.28. The zero-order valence-electron chi connectivity index (χ0n) is 9.02. The van der Waals surface area contributed by atoms with Gasteiger partial charge in [-0.3, -0.25) is 9.59 Å². The van der Waals surface area contributed by atoms with Gasteiger partial charge in [0.25, 0.3) is 5.91 Å². The summed E-state index contributed by atoms with van der Waals surface area (Å²) >= 11 is 3.65. The molecule has 0 aromatic heterocycles. The molecule has 0 atom stereocenters. The van der Waals surface area contributed by atoms with Crippen molar-refractivity contribution in [1.82, 2.24) is 4.90 Å². The molecule has 3 nitrogen and oxygen atoms in total. The molecule has 0 saturated carbocycles. The monoisotopic (exact) mass is 233 g/mol. The van der Waals surface area contributed by atoms with Crippen LogP contribution in [0.25, 0.3) is 0 Å².